The predicted octanol–water partition coefficient (Wildman–Crippen LogP) is 1.07. The molecular formula is C20H29N3O5S. The molecule has 0 unspecified atom stereocenters. The number of hydrogen-bond acceptors (Lipinski definition) is 7. The third-order valence-electron chi connectivity index (χ3n) is 5.31. The maximum Gasteiger partial charge on any atom is 0.248 e. The zero-order chi connectivity index (χ0) is 20.8. The van der Waals surface area contributed by atoms with Gasteiger partial charge in [0.2, 0.25) is 11.8 Å². The standard InChI is InChI=1S/C20H29N3O5S/c1-26-13-18(24)22-9-6-21(7-10-22)8-11-23-19(25)14-29-20(23)15-4-5-16(27-2)17(12-15)28-3/h4-5,12,20H,6-11,13-14H2,1-3H3/t20-/m0/s1. The van der Waals surface area contributed by atoms with Crippen molar-refractivity contribution in [3.63, 3.8) is 0 Å². The Balaban J connectivity index is 1.57. The molecule has 2 heterocycles. The summed E-state index contributed by atoms with van der Waals surface area (Å²) in [6, 6.07) is 5.82. The lowest BCUT2D eigenvalue weighted by molar-refractivity contribution is -0.136. The average molecular weight is 424 g/mol. The molecule has 2 amide bonds. The molecule has 0 spiro atoms. The molecule has 8 nitrogen and oxygen atoms in total. The van der Waals surface area contributed by atoms with E-state index in [-0.39, 0.29) is 23.8 Å². The molecule has 29 heavy (non-hydrogen) atoms. The monoisotopic (exact) mass is 423 g/mol. The van der Waals surface area contributed by atoms with Gasteiger partial charge < -0.3 is 24.0 Å². The second-order valence-corrected chi connectivity index (χ2v) is 8.09. The van der Waals surface area contributed by atoms with Crippen LogP contribution in [-0.2, 0) is 14.3 Å². The van der Waals surface area contributed by atoms with E-state index in [9.17, 15) is 9.59 Å². The Kier molecular flexibility index (Phi) is 7.63. The summed E-state index contributed by atoms with van der Waals surface area (Å²) in [5, 5.41) is -0.0214. The van der Waals surface area contributed by atoms with E-state index in [1.807, 2.05) is 28.0 Å². The Morgan fingerprint density at radius 2 is 1.79 bits per heavy atom. The van der Waals surface area contributed by atoms with Crippen LogP contribution in [-0.4, -0.2) is 99.5 Å². The summed E-state index contributed by atoms with van der Waals surface area (Å²) in [5.41, 5.74) is 1.04. The highest BCUT2D eigenvalue weighted by Crippen LogP contribution is 2.41. The van der Waals surface area contributed by atoms with E-state index in [0.29, 0.717) is 36.9 Å². The van der Waals surface area contributed by atoms with Gasteiger partial charge in [0.15, 0.2) is 11.5 Å². The normalized spacial score (nSPS) is 20.2. The molecule has 0 saturated carbocycles. The lowest BCUT2D eigenvalue weighted by atomic mass is 10.1. The molecule has 0 aliphatic carbocycles. The van der Waals surface area contributed by atoms with Crippen molar-refractivity contribution in [3.05, 3.63) is 23.8 Å². The Hall–Kier alpha value is -1.97. The van der Waals surface area contributed by atoms with Gasteiger partial charge in [0.1, 0.15) is 12.0 Å². The molecule has 0 bridgehead atoms. The van der Waals surface area contributed by atoms with Crippen LogP contribution in [0.2, 0.25) is 0 Å². The zero-order valence-corrected chi connectivity index (χ0v) is 18.1. The van der Waals surface area contributed by atoms with Gasteiger partial charge in [0, 0.05) is 46.4 Å². The number of carbonyl (C=O) groups excluding carboxylic acids is 2. The molecule has 1 aromatic rings. The molecule has 9 heteroatoms. The second kappa shape index (κ2) is 10.2. The van der Waals surface area contributed by atoms with Crippen LogP contribution < -0.4 is 9.47 Å². The van der Waals surface area contributed by atoms with Crippen molar-refractivity contribution in [2.45, 2.75) is 5.37 Å². The van der Waals surface area contributed by atoms with Crippen LogP contribution in [0, 0.1) is 0 Å². The Morgan fingerprint density at radius 3 is 2.45 bits per heavy atom. The largest absolute Gasteiger partial charge is 0.493 e. The van der Waals surface area contributed by atoms with Gasteiger partial charge >= 0.3 is 0 Å². The van der Waals surface area contributed by atoms with Crippen molar-refractivity contribution in [3.8, 4) is 11.5 Å². The number of methoxy groups -OCH3 is 3. The quantitative estimate of drug-likeness (QED) is 0.619. The van der Waals surface area contributed by atoms with Crippen molar-refractivity contribution in [1.29, 1.82) is 0 Å². The molecule has 2 fully saturated rings. The van der Waals surface area contributed by atoms with Crippen LogP contribution in [0.15, 0.2) is 18.2 Å². The van der Waals surface area contributed by atoms with Gasteiger partial charge in [-0.3, -0.25) is 14.5 Å². The second-order valence-electron chi connectivity index (χ2n) is 7.02. The van der Waals surface area contributed by atoms with Gasteiger partial charge in [-0.1, -0.05) is 6.07 Å². The van der Waals surface area contributed by atoms with Crippen molar-refractivity contribution < 1.29 is 23.8 Å². The van der Waals surface area contributed by atoms with Crippen molar-refractivity contribution >= 4 is 23.6 Å². The number of carbonyl (C=O) groups is 2. The van der Waals surface area contributed by atoms with Gasteiger partial charge in [-0.15, -0.1) is 11.8 Å². The van der Waals surface area contributed by atoms with Crippen LogP contribution in [0.5, 0.6) is 11.5 Å². The minimum Gasteiger partial charge on any atom is -0.493 e. The van der Waals surface area contributed by atoms with Crippen LogP contribution in [0.1, 0.15) is 10.9 Å². The minimum atomic E-state index is -0.0214. The van der Waals surface area contributed by atoms with Gasteiger partial charge in [-0.05, 0) is 17.7 Å². The van der Waals surface area contributed by atoms with E-state index in [2.05, 4.69) is 4.90 Å². The smallest absolute Gasteiger partial charge is 0.248 e. The van der Waals surface area contributed by atoms with Crippen LogP contribution in [0.3, 0.4) is 0 Å². The van der Waals surface area contributed by atoms with Crippen LogP contribution >= 0.6 is 11.8 Å². The number of rotatable bonds is 8. The number of nitrogens with zero attached hydrogens (tertiary/aromatic N) is 3. The first kappa shape index (κ1) is 21.7. The van der Waals surface area contributed by atoms with Crippen molar-refractivity contribution in [2.75, 3.05) is 73.0 Å². The van der Waals surface area contributed by atoms with Crippen molar-refractivity contribution in [2.24, 2.45) is 0 Å². The molecule has 2 saturated heterocycles. The summed E-state index contributed by atoms with van der Waals surface area (Å²) in [6.07, 6.45) is 0. The molecule has 0 N–H and O–H groups in total. The van der Waals surface area contributed by atoms with E-state index >= 15 is 0 Å². The molecule has 3 rings (SSSR count). The van der Waals surface area contributed by atoms with E-state index in [4.69, 9.17) is 14.2 Å². The molecule has 0 aromatic heterocycles. The van der Waals surface area contributed by atoms with Gasteiger partial charge in [0.05, 0.1) is 20.0 Å². The number of hydrogen-bond donors (Lipinski definition) is 0. The van der Waals surface area contributed by atoms with E-state index in [1.165, 1.54) is 7.11 Å². The first-order valence-electron chi connectivity index (χ1n) is 9.69. The van der Waals surface area contributed by atoms with Gasteiger partial charge in [-0.25, -0.2) is 0 Å². The van der Waals surface area contributed by atoms with E-state index in [1.54, 1.807) is 26.0 Å². The molecule has 2 aliphatic heterocycles. The summed E-state index contributed by atoms with van der Waals surface area (Å²) in [5.74, 6) is 2.02. The topological polar surface area (TPSA) is 71.6 Å². The van der Waals surface area contributed by atoms with E-state index in [0.717, 1.165) is 25.2 Å². The minimum absolute atomic E-state index is 0.0214. The Bertz CT molecular complexity index is 724. The van der Waals surface area contributed by atoms with Gasteiger partial charge in [-0.2, -0.15) is 0 Å². The maximum atomic E-state index is 12.5. The fourth-order valence-electron chi connectivity index (χ4n) is 3.66. The third-order valence-corrected chi connectivity index (χ3v) is 6.57. The predicted molar refractivity (Wildman–Crippen MR) is 111 cm³/mol. The Morgan fingerprint density at radius 1 is 1.07 bits per heavy atom. The molecule has 2 aliphatic rings. The highest BCUT2D eigenvalue weighted by molar-refractivity contribution is 8.00. The third kappa shape index (κ3) is 5.15. The summed E-state index contributed by atoms with van der Waals surface area (Å²) in [7, 11) is 4.76. The molecule has 1 aromatic carbocycles. The molecule has 1 atom stereocenters. The Labute approximate surface area is 176 Å². The number of amides is 2. The summed E-state index contributed by atoms with van der Waals surface area (Å²) in [6.45, 7) is 4.61. The number of piperazine rings is 1. The first-order valence-corrected chi connectivity index (χ1v) is 10.7. The van der Waals surface area contributed by atoms with E-state index < -0.39 is 0 Å². The summed E-state index contributed by atoms with van der Waals surface area (Å²) < 4.78 is 15.7. The fourth-order valence-corrected chi connectivity index (χ4v) is 4.87. The highest BCUT2D eigenvalue weighted by atomic mass is 32.2. The maximum absolute atomic E-state index is 12.5. The van der Waals surface area contributed by atoms with Gasteiger partial charge in [0.25, 0.3) is 0 Å². The molecule has 160 valence electrons. The summed E-state index contributed by atoms with van der Waals surface area (Å²) >= 11 is 1.64. The summed E-state index contributed by atoms with van der Waals surface area (Å²) in [4.78, 5) is 30.5. The lowest BCUT2D eigenvalue weighted by Crippen LogP contribution is -2.51. The highest BCUT2D eigenvalue weighted by Gasteiger charge is 2.33. The number of ether oxygens (including phenoxy) is 3. The van der Waals surface area contributed by atoms with Crippen LogP contribution in [0.4, 0.5) is 0 Å². The lowest BCUT2D eigenvalue weighted by Gasteiger charge is -2.36. The average Bonchev–Trinajstić information content (AvgIpc) is 3.12. The fraction of sp³-hybridized carbons (Fsp3) is 0.600. The first-order chi connectivity index (χ1) is 14.1. The van der Waals surface area contributed by atoms with Crippen LogP contribution in [0.25, 0.3) is 0 Å². The number of benzene rings is 1. The molecular weight excluding hydrogens is 394 g/mol. The molecule has 0 radical (unpaired) electrons. The number of thioether (sulfide) groups is 1. The van der Waals surface area contributed by atoms with Crippen molar-refractivity contribution in [1.82, 2.24) is 14.7 Å². The SMILES string of the molecule is COCC(=O)N1CCN(CCN2C(=O)CS[C@H]2c2ccc(OC)c(OC)c2)CC1. The zero-order valence-electron chi connectivity index (χ0n) is 17.3.